The smallest absolute Gasteiger partial charge is 0.253 e. The lowest BCUT2D eigenvalue weighted by Gasteiger charge is -2.13. The Hall–Kier alpha value is -2.34. The number of nitrogens with zero attached hydrogens (tertiary/aromatic N) is 1. The zero-order chi connectivity index (χ0) is 20.0. The van der Waals surface area contributed by atoms with E-state index in [2.05, 4.69) is 44.6 Å². The Kier molecular flexibility index (Phi) is 4.91. The first kappa shape index (κ1) is 19.0. The normalized spacial score (nSPS) is 14.0. The molecule has 0 bridgehead atoms. The number of pyridine rings is 1. The van der Waals surface area contributed by atoms with E-state index in [1.807, 2.05) is 37.4 Å². The van der Waals surface area contributed by atoms with Crippen LogP contribution >= 0.6 is 15.9 Å². The van der Waals surface area contributed by atoms with Crippen molar-refractivity contribution in [3.05, 3.63) is 67.7 Å². The summed E-state index contributed by atoms with van der Waals surface area (Å²) in [5, 5.41) is 3.88. The number of aryl methyl sites for hydroxylation is 1. The van der Waals surface area contributed by atoms with Gasteiger partial charge in [-0.15, -0.1) is 0 Å². The van der Waals surface area contributed by atoms with Gasteiger partial charge < -0.3 is 14.9 Å². The summed E-state index contributed by atoms with van der Waals surface area (Å²) in [6.07, 6.45) is 4.23. The lowest BCUT2D eigenvalue weighted by Crippen LogP contribution is -2.28. The van der Waals surface area contributed by atoms with Crippen LogP contribution in [0.3, 0.4) is 0 Å². The number of benzene rings is 1. The fourth-order valence-corrected chi connectivity index (χ4v) is 4.26. The maximum absolute atomic E-state index is 13.0. The van der Waals surface area contributed by atoms with Gasteiger partial charge in [0, 0.05) is 45.5 Å². The van der Waals surface area contributed by atoms with Gasteiger partial charge in [0.2, 0.25) is 0 Å². The van der Waals surface area contributed by atoms with Gasteiger partial charge in [-0.05, 0) is 69.4 Å². The van der Waals surface area contributed by atoms with Crippen LogP contribution in [0.25, 0.3) is 10.9 Å². The summed E-state index contributed by atoms with van der Waals surface area (Å²) < 4.78 is 3.00. The van der Waals surface area contributed by atoms with Crippen molar-refractivity contribution in [2.75, 3.05) is 0 Å². The molecule has 0 aliphatic heterocycles. The summed E-state index contributed by atoms with van der Waals surface area (Å²) in [4.78, 5) is 28.3. The molecular formula is C22H24BrN3O2. The third kappa shape index (κ3) is 3.53. The van der Waals surface area contributed by atoms with Gasteiger partial charge in [-0.3, -0.25) is 9.59 Å². The van der Waals surface area contributed by atoms with Crippen LogP contribution < -0.4 is 10.9 Å². The maximum Gasteiger partial charge on any atom is 0.253 e. The topological polar surface area (TPSA) is 66.9 Å². The number of carbonyl (C=O) groups is 1. The van der Waals surface area contributed by atoms with Crippen molar-refractivity contribution in [1.29, 1.82) is 0 Å². The highest BCUT2D eigenvalue weighted by Crippen LogP contribution is 2.41. The molecule has 1 aromatic carbocycles. The van der Waals surface area contributed by atoms with E-state index in [4.69, 9.17) is 0 Å². The summed E-state index contributed by atoms with van der Waals surface area (Å²) >= 11 is 3.53. The van der Waals surface area contributed by atoms with Crippen molar-refractivity contribution in [2.24, 2.45) is 0 Å². The second-order valence-electron chi connectivity index (χ2n) is 7.88. The molecule has 1 aliphatic carbocycles. The molecule has 4 rings (SSSR count). The first-order chi connectivity index (χ1) is 13.3. The van der Waals surface area contributed by atoms with Crippen molar-refractivity contribution in [3.8, 4) is 0 Å². The van der Waals surface area contributed by atoms with Crippen LogP contribution in [0, 0.1) is 6.92 Å². The molecule has 5 nitrogen and oxygen atoms in total. The Morgan fingerprint density at radius 2 is 2.07 bits per heavy atom. The SMILES string of the molecule is Cc1cc(C2CC2)c(CNC(=O)c2cc(Br)cc3c2ccn3C(C)C)c(=O)[nH]1. The predicted octanol–water partition coefficient (Wildman–Crippen LogP) is 4.79. The third-order valence-electron chi connectivity index (χ3n) is 5.35. The number of nitrogens with one attached hydrogen (secondary N) is 2. The highest BCUT2D eigenvalue weighted by molar-refractivity contribution is 9.10. The fourth-order valence-electron chi connectivity index (χ4n) is 3.81. The minimum Gasteiger partial charge on any atom is -0.348 e. The van der Waals surface area contributed by atoms with Gasteiger partial charge in [0.1, 0.15) is 0 Å². The van der Waals surface area contributed by atoms with Crippen LogP contribution in [0.5, 0.6) is 0 Å². The quantitative estimate of drug-likeness (QED) is 0.597. The van der Waals surface area contributed by atoms with E-state index in [9.17, 15) is 9.59 Å². The molecule has 1 saturated carbocycles. The standard InChI is InChI=1S/C22H24BrN3O2/c1-12(2)26-7-6-16-18(9-15(23)10-20(16)26)21(27)24-11-19-17(14-4-5-14)8-13(3)25-22(19)28/h6-10,12,14H,4-5,11H2,1-3H3,(H,24,27)(H,25,28). The molecule has 2 heterocycles. The Morgan fingerprint density at radius 3 is 2.75 bits per heavy atom. The number of aromatic amines is 1. The lowest BCUT2D eigenvalue weighted by molar-refractivity contribution is 0.0952. The second-order valence-corrected chi connectivity index (χ2v) is 8.79. The number of hydrogen-bond donors (Lipinski definition) is 2. The average Bonchev–Trinajstić information content (AvgIpc) is 3.38. The van der Waals surface area contributed by atoms with E-state index in [0.29, 0.717) is 23.1 Å². The fraction of sp³-hybridized carbons (Fsp3) is 0.364. The largest absolute Gasteiger partial charge is 0.348 e. The summed E-state index contributed by atoms with van der Waals surface area (Å²) in [7, 11) is 0. The summed E-state index contributed by atoms with van der Waals surface area (Å²) in [6, 6.07) is 8.19. The Balaban J connectivity index is 1.65. The van der Waals surface area contributed by atoms with E-state index in [1.54, 1.807) is 0 Å². The first-order valence-electron chi connectivity index (χ1n) is 9.66. The summed E-state index contributed by atoms with van der Waals surface area (Å²) in [6.45, 7) is 6.36. The molecule has 0 saturated heterocycles. The van der Waals surface area contributed by atoms with Gasteiger partial charge in [-0.25, -0.2) is 0 Å². The minimum absolute atomic E-state index is 0.104. The number of halogens is 1. The number of fused-ring (bicyclic) bond motifs is 1. The highest BCUT2D eigenvalue weighted by atomic mass is 79.9. The molecule has 0 spiro atoms. The average molecular weight is 442 g/mol. The van der Waals surface area contributed by atoms with Gasteiger partial charge in [0.05, 0.1) is 5.52 Å². The summed E-state index contributed by atoms with van der Waals surface area (Å²) in [5.74, 6) is 0.278. The molecule has 146 valence electrons. The van der Waals surface area contributed by atoms with E-state index >= 15 is 0 Å². The van der Waals surface area contributed by atoms with Gasteiger partial charge in [-0.1, -0.05) is 15.9 Å². The number of carbonyl (C=O) groups excluding carboxylic acids is 1. The van der Waals surface area contributed by atoms with Crippen molar-refractivity contribution in [2.45, 2.75) is 52.1 Å². The van der Waals surface area contributed by atoms with Crippen molar-refractivity contribution in [3.63, 3.8) is 0 Å². The zero-order valence-corrected chi connectivity index (χ0v) is 17.9. The second kappa shape index (κ2) is 7.24. The monoisotopic (exact) mass is 441 g/mol. The molecule has 28 heavy (non-hydrogen) atoms. The van der Waals surface area contributed by atoms with Crippen LogP contribution in [-0.2, 0) is 6.54 Å². The molecular weight excluding hydrogens is 418 g/mol. The minimum atomic E-state index is -0.172. The van der Waals surface area contributed by atoms with Gasteiger partial charge in [-0.2, -0.15) is 0 Å². The molecule has 0 atom stereocenters. The van der Waals surface area contributed by atoms with Crippen LogP contribution in [0.2, 0.25) is 0 Å². The number of amides is 1. The number of aromatic nitrogens is 2. The number of H-pyrrole nitrogens is 1. The van der Waals surface area contributed by atoms with E-state index < -0.39 is 0 Å². The molecule has 1 aliphatic rings. The lowest BCUT2D eigenvalue weighted by atomic mass is 10.0. The zero-order valence-electron chi connectivity index (χ0n) is 16.3. The third-order valence-corrected chi connectivity index (χ3v) is 5.81. The Labute approximate surface area is 172 Å². The number of hydrogen-bond acceptors (Lipinski definition) is 2. The molecule has 6 heteroatoms. The maximum atomic E-state index is 13.0. The summed E-state index contributed by atoms with van der Waals surface area (Å²) in [5.41, 5.74) is 4.14. The first-order valence-corrected chi connectivity index (χ1v) is 10.5. The molecule has 1 fully saturated rings. The molecule has 0 radical (unpaired) electrons. The molecule has 3 aromatic rings. The van der Waals surface area contributed by atoms with E-state index in [-0.39, 0.29) is 18.0 Å². The van der Waals surface area contributed by atoms with Crippen molar-refractivity contribution >= 4 is 32.7 Å². The van der Waals surface area contributed by atoms with Crippen LogP contribution in [0.1, 0.15) is 65.8 Å². The van der Waals surface area contributed by atoms with Crippen LogP contribution in [0.15, 0.2) is 39.7 Å². The van der Waals surface area contributed by atoms with Crippen molar-refractivity contribution < 1.29 is 4.79 Å². The molecule has 2 N–H and O–H groups in total. The molecule has 0 unspecified atom stereocenters. The Bertz CT molecular complexity index is 1120. The van der Waals surface area contributed by atoms with Crippen LogP contribution in [-0.4, -0.2) is 15.5 Å². The van der Waals surface area contributed by atoms with Crippen LogP contribution in [0.4, 0.5) is 0 Å². The Morgan fingerprint density at radius 1 is 1.32 bits per heavy atom. The van der Waals surface area contributed by atoms with E-state index in [1.165, 1.54) is 0 Å². The molecule has 2 aromatic heterocycles. The number of rotatable bonds is 5. The van der Waals surface area contributed by atoms with Crippen molar-refractivity contribution in [1.82, 2.24) is 14.9 Å². The van der Waals surface area contributed by atoms with Gasteiger partial charge in [0.15, 0.2) is 0 Å². The van der Waals surface area contributed by atoms with Gasteiger partial charge in [0.25, 0.3) is 11.5 Å². The molecule has 1 amide bonds. The highest BCUT2D eigenvalue weighted by Gasteiger charge is 2.28. The van der Waals surface area contributed by atoms with Gasteiger partial charge >= 0.3 is 0 Å². The van der Waals surface area contributed by atoms with E-state index in [0.717, 1.165) is 39.5 Å². The predicted molar refractivity (Wildman–Crippen MR) is 115 cm³/mol.